The number of para-hydroxylation sites is 1. The second-order valence-electron chi connectivity index (χ2n) is 3.82. The summed E-state index contributed by atoms with van der Waals surface area (Å²) >= 11 is 0. The topological polar surface area (TPSA) is 48.1 Å². The average molecular weight is 228 g/mol. The monoisotopic (exact) mass is 228 g/mol. The third-order valence-corrected chi connectivity index (χ3v) is 2.55. The summed E-state index contributed by atoms with van der Waals surface area (Å²) in [6.45, 7) is 1.21. The molecule has 2 rings (SSSR count). The van der Waals surface area contributed by atoms with Crippen molar-refractivity contribution in [2.75, 3.05) is 12.3 Å². The molecule has 0 bridgehead atoms. The number of pyridine rings is 1. The van der Waals surface area contributed by atoms with Gasteiger partial charge in [0, 0.05) is 11.9 Å². The molecule has 88 valence electrons. The minimum atomic E-state index is 0.549. The van der Waals surface area contributed by atoms with Gasteiger partial charge in [-0.2, -0.15) is 0 Å². The van der Waals surface area contributed by atoms with Crippen molar-refractivity contribution in [3.8, 4) is 0 Å². The average Bonchev–Trinajstić information content (AvgIpc) is 2.38. The third-order valence-electron chi connectivity index (χ3n) is 2.55. The zero-order chi connectivity index (χ0) is 11.9. The number of hydrogen-bond donors (Lipinski definition) is 1. The molecule has 0 amide bonds. The Morgan fingerprint density at radius 1 is 1.06 bits per heavy atom. The van der Waals surface area contributed by atoms with Gasteiger partial charge in [0.2, 0.25) is 0 Å². The lowest BCUT2D eigenvalue weighted by atomic mass is 10.1. The summed E-state index contributed by atoms with van der Waals surface area (Å²) in [5.74, 6) is 0. The van der Waals surface area contributed by atoms with E-state index in [1.54, 1.807) is 6.20 Å². The number of anilines is 1. The normalized spacial score (nSPS) is 10.4. The molecule has 0 atom stereocenters. The predicted octanol–water partition coefficient (Wildman–Crippen LogP) is 2.42. The Bertz CT molecular complexity index is 457. The van der Waals surface area contributed by atoms with Crippen molar-refractivity contribution in [1.82, 2.24) is 4.98 Å². The van der Waals surface area contributed by atoms with E-state index >= 15 is 0 Å². The summed E-state index contributed by atoms with van der Waals surface area (Å²) in [7, 11) is 0. The molecule has 0 unspecified atom stereocenters. The minimum Gasteiger partial charge on any atom is -0.399 e. The van der Waals surface area contributed by atoms with E-state index in [0.29, 0.717) is 13.2 Å². The van der Waals surface area contributed by atoms with Crippen molar-refractivity contribution in [3.05, 3.63) is 59.9 Å². The highest BCUT2D eigenvalue weighted by Crippen LogP contribution is 2.11. The second-order valence-corrected chi connectivity index (χ2v) is 3.82. The van der Waals surface area contributed by atoms with Crippen LogP contribution >= 0.6 is 0 Å². The molecule has 0 spiro atoms. The number of nitrogens with zero attached hydrogens (tertiary/aromatic N) is 1. The summed E-state index contributed by atoms with van der Waals surface area (Å²) < 4.78 is 5.56. The molecule has 0 saturated heterocycles. The maximum atomic E-state index is 5.85. The standard InChI is InChI=1S/C14H16N2O/c15-14-7-2-1-5-12(14)8-10-17-11-13-6-3-4-9-16-13/h1-7,9H,8,10-11,15H2. The molecule has 0 aliphatic rings. The van der Waals surface area contributed by atoms with Crippen LogP contribution < -0.4 is 5.73 Å². The summed E-state index contributed by atoms with van der Waals surface area (Å²) in [6, 6.07) is 13.7. The van der Waals surface area contributed by atoms with Crippen LogP contribution in [0.15, 0.2) is 48.7 Å². The van der Waals surface area contributed by atoms with E-state index in [0.717, 1.165) is 23.4 Å². The molecule has 0 aliphatic carbocycles. The predicted molar refractivity (Wildman–Crippen MR) is 68.5 cm³/mol. The van der Waals surface area contributed by atoms with Gasteiger partial charge < -0.3 is 10.5 Å². The van der Waals surface area contributed by atoms with Crippen LogP contribution in [-0.2, 0) is 17.8 Å². The van der Waals surface area contributed by atoms with Crippen LogP contribution in [-0.4, -0.2) is 11.6 Å². The highest BCUT2D eigenvalue weighted by atomic mass is 16.5. The summed E-state index contributed by atoms with van der Waals surface area (Å²) in [5, 5.41) is 0. The summed E-state index contributed by atoms with van der Waals surface area (Å²) in [4.78, 5) is 4.19. The number of nitrogen functional groups attached to an aromatic ring is 1. The number of rotatable bonds is 5. The molecule has 1 aromatic carbocycles. The van der Waals surface area contributed by atoms with E-state index in [-0.39, 0.29) is 0 Å². The SMILES string of the molecule is Nc1ccccc1CCOCc1ccccn1. The van der Waals surface area contributed by atoms with Crippen LogP contribution in [0.3, 0.4) is 0 Å². The number of hydrogen-bond acceptors (Lipinski definition) is 3. The van der Waals surface area contributed by atoms with Crippen LogP contribution in [0.4, 0.5) is 5.69 Å². The van der Waals surface area contributed by atoms with Crippen molar-refractivity contribution in [3.63, 3.8) is 0 Å². The van der Waals surface area contributed by atoms with Crippen molar-refractivity contribution >= 4 is 5.69 Å². The van der Waals surface area contributed by atoms with Crippen LogP contribution in [0.25, 0.3) is 0 Å². The van der Waals surface area contributed by atoms with E-state index in [1.165, 1.54) is 0 Å². The van der Waals surface area contributed by atoms with Crippen molar-refractivity contribution in [1.29, 1.82) is 0 Å². The molecule has 2 N–H and O–H groups in total. The Morgan fingerprint density at radius 3 is 2.65 bits per heavy atom. The molecule has 1 aromatic heterocycles. The minimum absolute atomic E-state index is 0.549. The van der Waals surface area contributed by atoms with E-state index in [2.05, 4.69) is 4.98 Å². The van der Waals surface area contributed by atoms with Gasteiger partial charge in [0.25, 0.3) is 0 Å². The summed E-state index contributed by atoms with van der Waals surface area (Å²) in [5.41, 5.74) is 8.76. The first-order chi connectivity index (χ1) is 8.36. The van der Waals surface area contributed by atoms with E-state index < -0.39 is 0 Å². The Morgan fingerprint density at radius 2 is 1.88 bits per heavy atom. The molecule has 0 saturated carbocycles. The number of aromatic nitrogens is 1. The molecular formula is C14H16N2O. The lowest BCUT2D eigenvalue weighted by molar-refractivity contribution is 0.121. The maximum Gasteiger partial charge on any atom is 0.0887 e. The van der Waals surface area contributed by atoms with Gasteiger partial charge in [-0.1, -0.05) is 24.3 Å². The second kappa shape index (κ2) is 6.01. The van der Waals surface area contributed by atoms with Crippen LogP contribution in [0.5, 0.6) is 0 Å². The van der Waals surface area contributed by atoms with E-state index in [4.69, 9.17) is 10.5 Å². The molecule has 0 radical (unpaired) electrons. The lowest BCUT2D eigenvalue weighted by Crippen LogP contribution is -2.02. The smallest absolute Gasteiger partial charge is 0.0887 e. The zero-order valence-corrected chi connectivity index (χ0v) is 9.67. The van der Waals surface area contributed by atoms with Gasteiger partial charge >= 0.3 is 0 Å². The first-order valence-electron chi connectivity index (χ1n) is 5.67. The fraction of sp³-hybridized carbons (Fsp3) is 0.214. The highest BCUT2D eigenvalue weighted by Gasteiger charge is 1.98. The Labute approximate surface area is 101 Å². The molecule has 0 aliphatic heterocycles. The largest absolute Gasteiger partial charge is 0.399 e. The molecule has 3 heteroatoms. The highest BCUT2D eigenvalue weighted by molar-refractivity contribution is 5.46. The first kappa shape index (κ1) is 11.6. The van der Waals surface area contributed by atoms with Crippen molar-refractivity contribution in [2.24, 2.45) is 0 Å². The zero-order valence-electron chi connectivity index (χ0n) is 9.67. The quantitative estimate of drug-likeness (QED) is 0.631. The Kier molecular flexibility index (Phi) is 4.11. The van der Waals surface area contributed by atoms with E-state index in [1.807, 2.05) is 42.5 Å². The van der Waals surface area contributed by atoms with Crippen LogP contribution in [0.2, 0.25) is 0 Å². The number of nitrogens with two attached hydrogens (primary N) is 1. The van der Waals surface area contributed by atoms with Gasteiger partial charge in [-0.15, -0.1) is 0 Å². The van der Waals surface area contributed by atoms with Gasteiger partial charge in [-0.05, 0) is 30.2 Å². The molecule has 3 nitrogen and oxygen atoms in total. The van der Waals surface area contributed by atoms with Crippen molar-refractivity contribution < 1.29 is 4.74 Å². The van der Waals surface area contributed by atoms with Gasteiger partial charge in [-0.25, -0.2) is 0 Å². The van der Waals surface area contributed by atoms with Gasteiger partial charge in [0.15, 0.2) is 0 Å². The molecular weight excluding hydrogens is 212 g/mol. The molecule has 1 heterocycles. The third kappa shape index (κ3) is 3.57. The Balaban J connectivity index is 1.76. The summed E-state index contributed by atoms with van der Waals surface area (Å²) in [6.07, 6.45) is 2.60. The fourth-order valence-corrected chi connectivity index (χ4v) is 1.60. The van der Waals surface area contributed by atoms with Crippen molar-refractivity contribution in [2.45, 2.75) is 13.0 Å². The molecule has 0 fully saturated rings. The van der Waals surface area contributed by atoms with Gasteiger partial charge in [-0.3, -0.25) is 4.98 Å². The molecule has 17 heavy (non-hydrogen) atoms. The first-order valence-corrected chi connectivity index (χ1v) is 5.67. The van der Waals surface area contributed by atoms with E-state index in [9.17, 15) is 0 Å². The van der Waals surface area contributed by atoms with Crippen LogP contribution in [0, 0.1) is 0 Å². The molecule has 2 aromatic rings. The van der Waals surface area contributed by atoms with Gasteiger partial charge in [0.05, 0.1) is 18.9 Å². The Hall–Kier alpha value is -1.87. The fourth-order valence-electron chi connectivity index (χ4n) is 1.60. The lowest BCUT2D eigenvalue weighted by Gasteiger charge is -2.06. The number of ether oxygens (including phenoxy) is 1. The maximum absolute atomic E-state index is 5.85. The number of benzene rings is 1. The van der Waals surface area contributed by atoms with Crippen LogP contribution in [0.1, 0.15) is 11.3 Å². The van der Waals surface area contributed by atoms with Gasteiger partial charge in [0.1, 0.15) is 0 Å².